The number of allylic oxidation sites excluding steroid dienone is 1. The van der Waals surface area contributed by atoms with Crippen LogP contribution in [0, 0.1) is 0 Å². The highest BCUT2D eigenvalue weighted by molar-refractivity contribution is 5.94. The van der Waals surface area contributed by atoms with Crippen molar-refractivity contribution in [2.24, 2.45) is 0 Å². The van der Waals surface area contributed by atoms with Crippen LogP contribution in [0.4, 0.5) is 0 Å². The zero-order chi connectivity index (χ0) is 21.3. The van der Waals surface area contributed by atoms with Crippen LogP contribution < -0.4 is 14.8 Å². The molecule has 0 spiro atoms. The summed E-state index contributed by atoms with van der Waals surface area (Å²) >= 11 is 0. The number of piperidine rings is 1. The SMILES string of the molecule is C=CCc1ccc(OCC(=O)N2CCC(NC(=O)c3ccccc3)CC2)c(OC)c1. The topological polar surface area (TPSA) is 67.9 Å². The third kappa shape index (κ3) is 5.63. The van der Waals surface area contributed by atoms with Crippen molar-refractivity contribution in [3.05, 3.63) is 72.3 Å². The number of amides is 2. The van der Waals surface area contributed by atoms with E-state index in [1.807, 2.05) is 42.5 Å². The molecule has 0 atom stereocenters. The third-order valence-electron chi connectivity index (χ3n) is 5.18. The number of carbonyl (C=O) groups is 2. The lowest BCUT2D eigenvalue weighted by molar-refractivity contribution is -0.134. The van der Waals surface area contributed by atoms with Gasteiger partial charge < -0.3 is 19.7 Å². The summed E-state index contributed by atoms with van der Waals surface area (Å²) < 4.78 is 11.1. The quantitative estimate of drug-likeness (QED) is 0.681. The van der Waals surface area contributed by atoms with Gasteiger partial charge in [0.2, 0.25) is 0 Å². The largest absolute Gasteiger partial charge is 0.493 e. The summed E-state index contributed by atoms with van der Waals surface area (Å²) in [5.74, 6) is 1.00. The van der Waals surface area contributed by atoms with Gasteiger partial charge in [0.25, 0.3) is 11.8 Å². The van der Waals surface area contributed by atoms with E-state index in [0.717, 1.165) is 24.8 Å². The molecule has 0 aliphatic carbocycles. The number of nitrogens with zero attached hydrogens (tertiary/aromatic N) is 1. The van der Waals surface area contributed by atoms with E-state index in [1.165, 1.54) is 0 Å². The molecule has 1 fully saturated rings. The predicted molar refractivity (Wildman–Crippen MR) is 116 cm³/mol. The highest BCUT2D eigenvalue weighted by atomic mass is 16.5. The van der Waals surface area contributed by atoms with E-state index >= 15 is 0 Å². The van der Waals surface area contributed by atoms with Gasteiger partial charge in [0.1, 0.15) is 0 Å². The Morgan fingerprint density at radius 3 is 2.53 bits per heavy atom. The molecule has 30 heavy (non-hydrogen) atoms. The average Bonchev–Trinajstić information content (AvgIpc) is 2.79. The average molecular weight is 408 g/mol. The van der Waals surface area contributed by atoms with Crippen LogP contribution in [0.2, 0.25) is 0 Å². The Labute approximate surface area is 177 Å². The molecule has 6 nitrogen and oxygen atoms in total. The summed E-state index contributed by atoms with van der Waals surface area (Å²) in [7, 11) is 1.58. The van der Waals surface area contributed by atoms with Crippen LogP contribution in [0.25, 0.3) is 0 Å². The summed E-state index contributed by atoms with van der Waals surface area (Å²) in [5, 5.41) is 3.05. The fourth-order valence-corrected chi connectivity index (χ4v) is 3.49. The summed E-state index contributed by atoms with van der Waals surface area (Å²) in [6, 6.07) is 14.9. The van der Waals surface area contributed by atoms with Gasteiger partial charge in [-0.3, -0.25) is 9.59 Å². The second-order valence-corrected chi connectivity index (χ2v) is 7.26. The van der Waals surface area contributed by atoms with Crippen LogP contribution in [-0.2, 0) is 11.2 Å². The molecule has 2 aromatic rings. The van der Waals surface area contributed by atoms with E-state index in [4.69, 9.17) is 9.47 Å². The van der Waals surface area contributed by atoms with Crippen molar-refractivity contribution < 1.29 is 19.1 Å². The standard InChI is InChI=1S/C24H28N2O4/c1-3-7-18-10-11-21(22(16-18)29-2)30-17-23(27)26-14-12-20(13-15-26)25-24(28)19-8-5-4-6-9-19/h3-6,8-11,16,20H,1,7,12-15,17H2,2H3,(H,25,28). The van der Waals surface area contributed by atoms with E-state index in [0.29, 0.717) is 30.2 Å². The molecule has 158 valence electrons. The smallest absolute Gasteiger partial charge is 0.260 e. The fraction of sp³-hybridized carbons (Fsp3) is 0.333. The minimum absolute atomic E-state index is 0.0434. The van der Waals surface area contributed by atoms with Gasteiger partial charge in [0, 0.05) is 24.7 Å². The van der Waals surface area contributed by atoms with Crippen molar-refractivity contribution in [1.29, 1.82) is 0 Å². The molecular formula is C24H28N2O4. The molecule has 0 bridgehead atoms. The molecule has 0 radical (unpaired) electrons. The molecule has 2 aromatic carbocycles. The highest BCUT2D eigenvalue weighted by Crippen LogP contribution is 2.28. The molecule has 2 amide bonds. The number of nitrogens with one attached hydrogen (secondary N) is 1. The van der Waals surface area contributed by atoms with E-state index in [-0.39, 0.29) is 24.5 Å². The Balaban J connectivity index is 1.46. The van der Waals surface area contributed by atoms with Crippen LogP contribution in [0.3, 0.4) is 0 Å². The molecule has 0 unspecified atom stereocenters. The van der Waals surface area contributed by atoms with Crippen LogP contribution in [0.1, 0.15) is 28.8 Å². The first-order valence-electron chi connectivity index (χ1n) is 10.1. The van der Waals surface area contributed by atoms with E-state index < -0.39 is 0 Å². The summed E-state index contributed by atoms with van der Waals surface area (Å²) in [5.41, 5.74) is 1.72. The van der Waals surface area contributed by atoms with Crippen LogP contribution in [0.15, 0.2) is 61.2 Å². The van der Waals surface area contributed by atoms with Crippen LogP contribution in [0.5, 0.6) is 11.5 Å². The summed E-state index contributed by atoms with van der Waals surface area (Å²) in [6.45, 7) is 4.88. The maximum absolute atomic E-state index is 12.6. The Hall–Kier alpha value is -3.28. The molecule has 1 saturated heterocycles. The van der Waals surface area contributed by atoms with Crippen molar-refractivity contribution >= 4 is 11.8 Å². The Morgan fingerprint density at radius 2 is 1.87 bits per heavy atom. The Kier molecular flexibility index (Phi) is 7.49. The van der Waals surface area contributed by atoms with Gasteiger partial charge >= 0.3 is 0 Å². The van der Waals surface area contributed by atoms with Gasteiger partial charge in [0.15, 0.2) is 18.1 Å². The van der Waals surface area contributed by atoms with Crippen molar-refractivity contribution in [1.82, 2.24) is 10.2 Å². The summed E-state index contributed by atoms with van der Waals surface area (Å²) in [6.07, 6.45) is 4.02. The second kappa shape index (κ2) is 10.5. The number of benzene rings is 2. The first kappa shape index (κ1) is 21.4. The Morgan fingerprint density at radius 1 is 1.13 bits per heavy atom. The van der Waals surface area contributed by atoms with Crippen LogP contribution in [-0.4, -0.2) is 49.6 Å². The number of carbonyl (C=O) groups excluding carboxylic acids is 2. The number of methoxy groups -OCH3 is 1. The van der Waals surface area contributed by atoms with Crippen molar-refractivity contribution in [3.8, 4) is 11.5 Å². The zero-order valence-electron chi connectivity index (χ0n) is 17.3. The number of rotatable bonds is 8. The van der Waals surface area contributed by atoms with E-state index in [1.54, 1.807) is 24.1 Å². The van der Waals surface area contributed by atoms with E-state index in [9.17, 15) is 9.59 Å². The number of hydrogen-bond donors (Lipinski definition) is 1. The highest BCUT2D eigenvalue weighted by Gasteiger charge is 2.24. The molecule has 0 saturated carbocycles. The minimum atomic E-state index is -0.0734. The molecule has 0 aromatic heterocycles. The van der Waals surface area contributed by atoms with Gasteiger partial charge in [-0.25, -0.2) is 0 Å². The monoisotopic (exact) mass is 408 g/mol. The van der Waals surface area contributed by atoms with Crippen LogP contribution >= 0.6 is 0 Å². The maximum atomic E-state index is 12.6. The van der Waals surface area contributed by atoms with Gasteiger partial charge in [-0.2, -0.15) is 0 Å². The molecular weight excluding hydrogens is 380 g/mol. The lowest BCUT2D eigenvalue weighted by atomic mass is 10.0. The Bertz CT molecular complexity index is 874. The molecule has 1 N–H and O–H groups in total. The van der Waals surface area contributed by atoms with E-state index in [2.05, 4.69) is 11.9 Å². The first-order valence-corrected chi connectivity index (χ1v) is 10.1. The lowest BCUT2D eigenvalue weighted by Crippen LogP contribution is -2.47. The van der Waals surface area contributed by atoms with Crippen molar-refractivity contribution in [2.45, 2.75) is 25.3 Å². The second-order valence-electron chi connectivity index (χ2n) is 7.26. The molecule has 1 heterocycles. The minimum Gasteiger partial charge on any atom is -0.493 e. The molecule has 1 aliphatic heterocycles. The molecule has 3 rings (SSSR count). The fourth-order valence-electron chi connectivity index (χ4n) is 3.49. The normalized spacial score (nSPS) is 14.1. The zero-order valence-corrected chi connectivity index (χ0v) is 17.3. The molecule has 1 aliphatic rings. The van der Waals surface area contributed by atoms with Gasteiger partial charge in [-0.1, -0.05) is 30.3 Å². The lowest BCUT2D eigenvalue weighted by Gasteiger charge is -2.32. The first-order chi connectivity index (χ1) is 14.6. The third-order valence-corrected chi connectivity index (χ3v) is 5.18. The van der Waals surface area contributed by atoms with Crippen molar-refractivity contribution in [3.63, 3.8) is 0 Å². The number of hydrogen-bond acceptors (Lipinski definition) is 4. The predicted octanol–water partition coefficient (Wildman–Crippen LogP) is 3.22. The summed E-state index contributed by atoms with van der Waals surface area (Å²) in [4.78, 5) is 26.6. The maximum Gasteiger partial charge on any atom is 0.260 e. The van der Waals surface area contributed by atoms with Gasteiger partial charge in [0.05, 0.1) is 7.11 Å². The number of likely N-dealkylation sites (tertiary alicyclic amines) is 1. The van der Waals surface area contributed by atoms with Crippen molar-refractivity contribution in [2.75, 3.05) is 26.8 Å². The number of ether oxygens (including phenoxy) is 2. The van der Waals surface area contributed by atoms with Gasteiger partial charge in [-0.15, -0.1) is 6.58 Å². The molecule has 6 heteroatoms. The van der Waals surface area contributed by atoms with Gasteiger partial charge in [-0.05, 0) is 49.1 Å².